The Morgan fingerprint density at radius 2 is 1.89 bits per heavy atom. The Balaban J connectivity index is 1.66. The van der Waals surface area contributed by atoms with Crippen molar-refractivity contribution in [3.63, 3.8) is 0 Å². The number of carbonyl (C=O) groups excluding carboxylic acids is 1. The second-order valence-corrected chi connectivity index (χ2v) is 6.15. The molecule has 0 aromatic heterocycles. The highest BCUT2D eigenvalue weighted by atomic mass is 16.5. The summed E-state index contributed by atoms with van der Waals surface area (Å²) in [5, 5.41) is 3.44. The van der Waals surface area contributed by atoms with Crippen LogP contribution in [0, 0.1) is 0 Å². The van der Waals surface area contributed by atoms with E-state index in [1.54, 1.807) is 0 Å². The molecule has 1 aliphatic carbocycles. The highest BCUT2D eigenvalue weighted by Crippen LogP contribution is 2.29. The van der Waals surface area contributed by atoms with Crippen molar-refractivity contribution in [2.24, 2.45) is 0 Å². The second-order valence-electron chi connectivity index (χ2n) is 6.15. The van der Waals surface area contributed by atoms with Crippen LogP contribution in [-0.2, 0) is 9.53 Å². The molecule has 3 unspecified atom stereocenters. The van der Waals surface area contributed by atoms with Gasteiger partial charge in [-0.05, 0) is 32.2 Å². The summed E-state index contributed by atoms with van der Waals surface area (Å²) >= 11 is 0. The molecule has 4 heteroatoms. The molecule has 3 rings (SSSR count). The number of nitrogens with zero attached hydrogens (tertiary/aromatic N) is 1. The van der Waals surface area contributed by atoms with Gasteiger partial charge in [-0.15, -0.1) is 0 Å². The molecular weight excluding hydrogens is 240 g/mol. The highest BCUT2D eigenvalue weighted by molar-refractivity contribution is 5.82. The number of ether oxygens (including phenoxy) is 1. The lowest BCUT2D eigenvalue weighted by atomic mass is 9.89. The van der Waals surface area contributed by atoms with Gasteiger partial charge in [0.15, 0.2) is 0 Å². The molecule has 3 atom stereocenters. The van der Waals surface area contributed by atoms with Gasteiger partial charge in [0.05, 0.1) is 24.8 Å². The number of hydrogen-bond donors (Lipinski definition) is 1. The summed E-state index contributed by atoms with van der Waals surface area (Å²) in [5.74, 6) is 0.335. The lowest BCUT2D eigenvalue weighted by Crippen LogP contribution is -2.58. The SMILES string of the molecule is O=C(C1CCCCCN1)N1CCOC2CCCCC21. The topological polar surface area (TPSA) is 41.6 Å². The van der Waals surface area contributed by atoms with Gasteiger partial charge in [-0.3, -0.25) is 4.79 Å². The first-order valence-corrected chi connectivity index (χ1v) is 8.02. The molecule has 2 aliphatic heterocycles. The van der Waals surface area contributed by atoms with Crippen LogP contribution < -0.4 is 5.32 Å². The van der Waals surface area contributed by atoms with Crippen molar-refractivity contribution in [3.05, 3.63) is 0 Å². The summed E-state index contributed by atoms with van der Waals surface area (Å²) < 4.78 is 5.86. The molecule has 4 nitrogen and oxygen atoms in total. The van der Waals surface area contributed by atoms with Crippen molar-refractivity contribution in [1.82, 2.24) is 10.2 Å². The summed E-state index contributed by atoms with van der Waals surface area (Å²) in [6.45, 7) is 2.51. The van der Waals surface area contributed by atoms with E-state index in [1.807, 2.05) is 0 Å². The fraction of sp³-hybridized carbons (Fsp3) is 0.933. The van der Waals surface area contributed by atoms with E-state index < -0.39 is 0 Å². The van der Waals surface area contributed by atoms with Crippen molar-refractivity contribution >= 4 is 5.91 Å². The van der Waals surface area contributed by atoms with E-state index in [1.165, 1.54) is 32.1 Å². The number of hydrogen-bond acceptors (Lipinski definition) is 3. The number of morpholine rings is 1. The predicted octanol–water partition coefficient (Wildman–Crippen LogP) is 1.69. The van der Waals surface area contributed by atoms with Gasteiger partial charge in [0, 0.05) is 6.54 Å². The smallest absolute Gasteiger partial charge is 0.240 e. The Morgan fingerprint density at radius 3 is 2.84 bits per heavy atom. The number of nitrogens with one attached hydrogen (secondary N) is 1. The van der Waals surface area contributed by atoms with E-state index in [2.05, 4.69) is 10.2 Å². The first kappa shape index (κ1) is 13.4. The van der Waals surface area contributed by atoms with Gasteiger partial charge >= 0.3 is 0 Å². The van der Waals surface area contributed by atoms with E-state index in [0.29, 0.717) is 18.1 Å². The van der Waals surface area contributed by atoms with Crippen LogP contribution in [0.4, 0.5) is 0 Å². The molecule has 2 heterocycles. The maximum Gasteiger partial charge on any atom is 0.240 e. The third kappa shape index (κ3) is 2.95. The monoisotopic (exact) mass is 266 g/mol. The minimum atomic E-state index is 0.0585. The number of rotatable bonds is 1. The molecule has 1 amide bonds. The molecule has 1 saturated carbocycles. The van der Waals surface area contributed by atoms with Crippen molar-refractivity contribution in [2.75, 3.05) is 19.7 Å². The van der Waals surface area contributed by atoms with Crippen molar-refractivity contribution in [3.8, 4) is 0 Å². The van der Waals surface area contributed by atoms with Gasteiger partial charge in [0.1, 0.15) is 0 Å². The second kappa shape index (κ2) is 6.23. The predicted molar refractivity (Wildman–Crippen MR) is 74.0 cm³/mol. The van der Waals surface area contributed by atoms with E-state index in [-0.39, 0.29) is 6.04 Å². The summed E-state index contributed by atoms with van der Waals surface area (Å²) in [4.78, 5) is 14.9. The zero-order valence-electron chi connectivity index (χ0n) is 11.8. The third-order valence-corrected chi connectivity index (χ3v) is 4.87. The van der Waals surface area contributed by atoms with Gasteiger partial charge < -0.3 is 15.0 Å². The largest absolute Gasteiger partial charge is 0.374 e. The first-order chi connectivity index (χ1) is 9.36. The van der Waals surface area contributed by atoms with E-state index in [4.69, 9.17) is 4.74 Å². The minimum Gasteiger partial charge on any atom is -0.374 e. The average Bonchev–Trinajstić information content (AvgIpc) is 2.75. The molecule has 3 aliphatic rings. The first-order valence-electron chi connectivity index (χ1n) is 8.02. The van der Waals surface area contributed by atoms with Crippen LogP contribution in [0.15, 0.2) is 0 Å². The molecule has 0 aromatic rings. The Labute approximate surface area is 115 Å². The Hall–Kier alpha value is -0.610. The maximum absolute atomic E-state index is 12.8. The van der Waals surface area contributed by atoms with Gasteiger partial charge in [-0.25, -0.2) is 0 Å². The summed E-state index contributed by atoms with van der Waals surface area (Å²) in [6.07, 6.45) is 9.71. The van der Waals surface area contributed by atoms with Gasteiger partial charge in [-0.1, -0.05) is 25.7 Å². The van der Waals surface area contributed by atoms with Crippen LogP contribution in [0.5, 0.6) is 0 Å². The van der Waals surface area contributed by atoms with Gasteiger partial charge in [0.2, 0.25) is 5.91 Å². The Kier molecular flexibility index (Phi) is 4.38. The highest BCUT2D eigenvalue weighted by Gasteiger charge is 2.38. The zero-order chi connectivity index (χ0) is 13.1. The molecule has 1 N–H and O–H groups in total. The summed E-state index contributed by atoms with van der Waals surface area (Å²) in [6, 6.07) is 0.406. The molecule has 108 valence electrons. The Bertz CT molecular complexity index is 311. The molecule has 0 aromatic carbocycles. The molecule has 3 fully saturated rings. The Morgan fingerprint density at radius 1 is 1.05 bits per heavy atom. The maximum atomic E-state index is 12.8. The zero-order valence-corrected chi connectivity index (χ0v) is 11.8. The third-order valence-electron chi connectivity index (χ3n) is 4.87. The quantitative estimate of drug-likeness (QED) is 0.785. The molecule has 19 heavy (non-hydrogen) atoms. The van der Waals surface area contributed by atoms with E-state index in [9.17, 15) is 4.79 Å². The number of fused-ring (bicyclic) bond motifs is 1. The summed E-state index contributed by atoms with van der Waals surface area (Å²) in [7, 11) is 0. The average molecular weight is 266 g/mol. The molecule has 2 saturated heterocycles. The van der Waals surface area contributed by atoms with Crippen molar-refractivity contribution in [2.45, 2.75) is 69.6 Å². The minimum absolute atomic E-state index is 0.0585. The van der Waals surface area contributed by atoms with Crippen molar-refractivity contribution < 1.29 is 9.53 Å². The fourth-order valence-electron chi connectivity index (χ4n) is 3.81. The van der Waals surface area contributed by atoms with E-state index in [0.717, 1.165) is 39.0 Å². The molecule has 0 bridgehead atoms. The van der Waals surface area contributed by atoms with E-state index >= 15 is 0 Å². The normalized spacial score (nSPS) is 36.4. The van der Waals surface area contributed by atoms with Crippen LogP contribution >= 0.6 is 0 Å². The van der Waals surface area contributed by atoms with Crippen LogP contribution in [-0.4, -0.2) is 48.7 Å². The molecular formula is C15H26N2O2. The molecule has 0 spiro atoms. The van der Waals surface area contributed by atoms with Crippen LogP contribution in [0.1, 0.15) is 51.4 Å². The standard InChI is InChI=1S/C15H26N2O2/c18-15(12-6-2-1-5-9-16-12)17-10-11-19-14-8-4-3-7-13(14)17/h12-14,16H,1-11H2. The lowest BCUT2D eigenvalue weighted by molar-refractivity contribution is -0.151. The fourth-order valence-corrected chi connectivity index (χ4v) is 3.81. The summed E-state index contributed by atoms with van der Waals surface area (Å²) in [5.41, 5.74) is 0. The van der Waals surface area contributed by atoms with Crippen LogP contribution in [0.2, 0.25) is 0 Å². The van der Waals surface area contributed by atoms with Gasteiger partial charge in [-0.2, -0.15) is 0 Å². The van der Waals surface area contributed by atoms with Crippen LogP contribution in [0.25, 0.3) is 0 Å². The number of amides is 1. The lowest BCUT2D eigenvalue weighted by Gasteiger charge is -2.44. The number of carbonyl (C=O) groups is 1. The van der Waals surface area contributed by atoms with Crippen molar-refractivity contribution in [1.29, 1.82) is 0 Å². The van der Waals surface area contributed by atoms with Gasteiger partial charge in [0.25, 0.3) is 0 Å². The molecule has 0 radical (unpaired) electrons. The van der Waals surface area contributed by atoms with Crippen LogP contribution in [0.3, 0.4) is 0 Å².